The van der Waals surface area contributed by atoms with Gasteiger partial charge in [0.05, 0.1) is 12.7 Å². The Hall–Kier alpha value is -1.33. The van der Waals surface area contributed by atoms with E-state index in [0.29, 0.717) is 19.1 Å². The second kappa shape index (κ2) is 7.09. The maximum absolute atomic E-state index is 11.7. The van der Waals surface area contributed by atoms with Gasteiger partial charge >= 0.3 is 5.97 Å². The molecule has 1 aromatic rings. The third kappa shape index (κ3) is 3.86. The van der Waals surface area contributed by atoms with Crippen molar-refractivity contribution in [2.75, 3.05) is 13.2 Å². The molecule has 0 spiro atoms. The minimum absolute atomic E-state index is 0.307. The van der Waals surface area contributed by atoms with Crippen LogP contribution in [0.25, 0.3) is 0 Å². The van der Waals surface area contributed by atoms with Crippen molar-refractivity contribution < 1.29 is 14.3 Å². The standard InChI is InChI=1S/C16H26N2O3/c1-4-20-16(19)15(17)9-13-8-11(2)18(12(13)3)10-14-6-5-7-21-14/h8,14-15H,4-7,9-10,17H2,1-3H3. The predicted molar refractivity (Wildman–Crippen MR) is 81.2 cm³/mol. The minimum atomic E-state index is -0.596. The van der Waals surface area contributed by atoms with Gasteiger partial charge in [-0.1, -0.05) is 0 Å². The number of nitrogens with two attached hydrogens (primary N) is 1. The maximum Gasteiger partial charge on any atom is 0.323 e. The second-order valence-corrected chi connectivity index (χ2v) is 5.70. The van der Waals surface area contributed by atoms with Gasteiger partial charge in [-0.05, 0) is 51.7 Å². The number of aryl methyl sites for hydroxylation is 1. The van der Waals surface area contributed by atoms with Gasteiger partial charge in [-0.25, -0.2) is 0 Å². The van der Waals surface area contributed by atoms with Gasteiger partial charge in [0.1, 0.15) is 6.04 Å². The molecule has 5 nitrogen and oxygen atoms in total. The molecule has 0 bridgehead atoms. The third-order valence-corrected chi connectivity index (χ3v) is 4.12. The van der Waals surface area contributed by atoms with Crippen LogP contribution in [-0.2, 0) is 27.2 Å². The zero-order chi connectivity index (χ0) is 15.4. The van der Waals surface area contributed by atoms with E-state index < -0.39 is 6.04 Å². The van der Waals surface area contributed by atoms with Crippen molar-refractivity contribution in [3.63, 3.8) is 0 Å². The topological polar surface area (TPSA) is 66.5 Å². The lowest BCUT2D eigenvalue weighted by Gasteiger charge is -2.15. The van der Waals surface area contributed by atoms with Crippen LogP contribution in [0.5, 0.6) is 0 Å². The van der Waals surface area contributed by atoms with Crippen molar-refractivity contribution in [3.05, 3.63) is 23.0 Å². The van der Waals surface area contributed by atoms with E-state index in [2.05, 4.69) is 24.5 Å². The number of hydrogen-bond acceptors (Lipinski definition) is 4. The average molecular weight is 294 g/mol. The molecule has 1 saturated heterocycles. The van der Waals surface area contributed by atoms with Crippen LogP contribution in [0.4, 0.5) is 0 Å². The number of carbonyl (C=O) groups excluding carboxylic acids is 1. The van der Waals surface area contributed by atoms with E-state index in [1.54, 1.807) is 6.92 Å². The molecule has 2 N–H and O–H groups in total. The zero-order valence-corrected chi connectivity index (χ0v) is 13.2. The summed E-state index contributed by atoms with van der Waals surface area (Å²) in [4.78, 5) is 11.7. The highest BCUT2D eigenvalue weighted by atomic mass is 16.5. The summed E-state index contributed by atoms with van der Waals surface area (Å²) in [5.41, 5.74) is 9.39. The van der Waals surface area contributed by atoms with Crippen LogP contribution in [0.3, 0.4) is 0 Å². The lowest BCUT2D eigenvalue weighted by atomic mass is 10.1. The van der Waals surface area contributed by atoms with Crippen molar-refractivity contribution in [2.45, 2.75) is 58.7 Å². The summed E-state index contributed by atoms with van der Waals surface area (Å²) < 4.78 is 12.9. The van der Waals surface area contributed by atoms with Crippen molar-refractivity contribution in [1.82, 2.24) is 4.57 Å². The molecular formula is C16H26N2O3. The molecule has 0 saturated carbocycles. The molecule has 1 fully saturated rings. The molecule has 21 heavy (non-hydrogen) atoms. The molecule has 2 rings (SSSR count). The first-order valence-electron chi connectivity index (χ1n) is 7.72. The van der Waals surface area contributed by atoms with Gasteiger partial charge < -0.3 is 19.8 Å². The van der Waals surface area contributed by atoms with Gasteiger partial charge in [0.25, 0.3) is 0 Å². The molecule has 0 aliphatic carbocycles. The fourth-order valence-corrected chi connectivity index (χ4v) is 2.92. The van der Waals surface area contributed by atoms with Gasteiger partial charge in [0.15, 0.2) is 0 Å². The van der Waals surface area contributed by atoms with E-state index in [1.165, 1.54) is 11.4 Å². The molecular weight excluding hydrogens is 268 g/mol. The summed E-state index contributed by atoms with van der Waals surface area (Å²) >= 11 is 0. The van der Waals surface area contributed by atoms with Crippen LogP contribution in [-0.4, -0.2) is 35.9 Å². The Morgan fingerprint density at radius 3 is 2.95 bits per heavy atom. The zero-order valence-electron chi connectivity index (χ0n) is 13.2. The highest BCUT2D eigenvalue weighted by Crippen LogP contribution is 2.21. The summed E-state index contributed by atoms with van der Waals surface area (Å²) in [6, 6.07) is 1.52. The largest absolute Gasteiger partial charge is 0.465 e. The Labute approximate surface area is 126 Å². The SMILES string of the molecule is CCOC(=O)C(N)Cc1cc(C)n(CC2CCCO2)c1C. The van der Waals surface area contributed by atoms with Gasteiger partial charge in [0.2, 0.25) is 0 Å². The summed E-state index contributed by atoms with van der Waals surface area (Å²) in [6.07, 6.45) is 3.09. The van der Waals surface area contributed by atoms with E-state index in [-0.39, 0.29) is 5.97 Å². The number of hydrogen-bond donors (Lipinski definition) is 1. The highest BCUT2D eigenvalue weighted by Gasteiger charge is 2.21. The molecule has 118 valence electrons. The summed E-state index contributed by atoms with van der Waals surface area (Å²) in [5, 5.41) is 0. The summed E-state index contributed by atoms with van der Waals surface area (Å²) in [6.45, 7) is 8.07. The number of rotatable bonds is 6. The van der Waals surface area contributed by atoms with Crippen LogP contribution >= 0.6 is 0 Å². The summed E-state index contributed by atoms with van der Waals surface area (Å²) in [7, 11) is 0. The number of ether oxygens (including phenoxy) is 2. The molecule has 1 aliphatic rings. The van der Waals surface area contributed by atoms with Crippen LogP contribution in [0.2, 0.25) is 0 Å². The van der Waals surface area contributed by atoms with Crippen LogP contribution in [0.1, 0.15) is 36.7 Å². The van der Waals surface area contributed by atoms with E-state index in [1.807, 2.05) is 0 Å². The van der Waals surface area contributed by atoms with Gasteiger partial charge in [-0.15, -0.1) is 0 Å². The first-order chi connectivity index (χ1) is 10.0. The molecule has 2 heterocycles. The quantitative estimate of drug-likeness (QED) is 0.811. The Bertz CT molecular complexity index is 490. The van der Waals surface area contributed by atoms with E-state index >= 15 is 0 Å². The van der Waals surface area contributed by atoms with Crippen molar-refractivity contribution >= 4 is 5.97 Å². The van der Waals surface area contributed by atoms with Crippen LogP contribution in [0.15, 0.2) is 6.07 Å². The van der Waals surface area contributed by atoms with Gasteiger partial charge in [-0.2, -0.15) is 0 Å². The average Bonchev–Trinajstić information content (AvgIpc) is 3.04. The molecule has 0 radical (unpaired) electrons. The fraction of sp³-hybridized carbons (Fsp3) is 0.688. The van der Waals surface area contributed by atoms with E-state index in [0.717, 1.165) is 31.6 Å². The fourth-order valence-electron chi connectivity index (χ4n) is 2.92. The van der Waals surface area contributed by atoms with E-state index in [9.17, 15) is 4.79 Å². The highest BCUT2D eigenvalue weighted by molar-refractivity contribution is 5.75. The van der Waals surface area contributed by atoms with Gasteiger partial charge in [-0.3, -0.25) is 4.79 Å². The number of nitrogens with zero attached hydrogens (tertiary/aromatic N) is 1. The van der Waals surface area contributed by atoms with Crippen molar-refractivity contribution in [3.8, 4) is 0 Å². The van der Waals surface area contributed by atoms with Crippen molar-refractivity contribution in [1.29, 1.82) is 0 Å². The number of aromatic nitrogens is 1. The Morgan fingerprint density at radius 1 is 1.57 bits per heavy atom. The second-order valence-electron chi connectivity index (χ2n) is 5.70. The molecule has 2 atom stereocenters. The maximum atomic E-state index is 11.7. The lowest BCUT2D eigenvalue weighted by Crippen LogP contribution is -2.34. The Balaban J connectivity index is 2.05. The first kappa shape index (κ1) is 16.0. The molecule has 0 amide bonds. The van der Waals surface area contributed by atoms with Gasteiger partial charge in [0, 0.05) is 24.5 Å². The molecule has 1 aromatic heterocycles. The van der Waals surface area contributed by atoms with Crippen molar-refractivity contribution in [2.24, 2.45) is 5.73 Å². The minimum Gasteiger partial charge on any atom is -0.465 e. The smallest absolute Gasteiger partial charge is 0.323 e. The molecule has 5 heteroatoms. The lowest BCUT2D eigenvalue weighted by molar-refractivity contribution is -0.144. The molecule has 1 aliphatic heterocycles. The predicted octanol–water partition coefficient (Wildman–Crippen LogP) is 1.72. The van der Waals surface area contributed by atoms with E-state index in [4.69, 9.17) is 15.2 Å². The molecule has 0 aromatic carbocycles. The summed E-state index contributed by atoms with van der Waals surface area (Å²) in [5.74, 6) is -0.332. The number of esters is 1. The normalized spacial score (nSPS) is 19.7. The molecule has 2 unspecified atom stereocenters. The Kier molecular flexibility index (Phi) is 5.42. The third-order valence-electron chi connectivity index (χ3n) is 4.12. The van der Waals surface area contributed by atoms with Crippen LogP contribution < -0.4 is 5.73 Å². The monoisotopic (exact) mass is 294 g/mol. The number of carbonyl (C=O) groups is 1. The first-order valence-corrected chi connectivity index (χ1v) is 7.72. The van der Waals surface area contributed by atoms with Crippen LogP contribution in [0, 0.1) is 13.8 Å². The Morgan fingerprint density at radius 2 is 2.33 bits per heavy atom.